The maximum absolute atomic E-state index is 4.97. The third-order valence-corrected chi connectivity index (χ3v) is 0.676. The Balaban J connectivity index is 3.57. The SMILES string of the molecule is C=C(/N=C\C=C/C)NN. The predicted molar refractivity (Wildman–Crippen MR) is 39.8 cm³/mol. The minimum Gasteiger partial charge on any atom is -0.309 e. The Hall–Kier alpha value is -1.09. The van der Waals surface area contributed by atoms with Crippen molar-refractivity contribution in [2.45, 2.75) is 6.92 Å². The zero-order valence-electron chi connectivity index (χ0n) is 5.46. The van der Waals surface area contributed by atoms with Gasteiger partial charge in [-0.25, -0.2) is 10.8 Å². The fourth-order valence-electron chi connectivity index (χ4n) is 0.256. The molecule has 0 unspecified atom stereocenters. The standard InChI is InChI=1S/C6H11N3/c1-3-4-5-8-6(2)9-7/h3-5,9H,2,7H2,1H3/b4-3-,8-5-. The van der Waals surface area contributed by atoms with Crippen LogP contribution in [0.5, 0.6) is 0 Å². The molecule has 0 aliphatic carbocycles. The van der Waals surface area contributed by atoms with Gasteiger partial charge in [0.25, 0.3) is 0 Å². The molecule has 0 fully saturated rings. The van der Waals surface area contributed by atoms with Gasteiger partial charge in [-0.15, -0.1) is 0 Å². The van der Waals surface area contributed by atoms with Crippen LogP contribution in [-0.4, -0.2) is 6.21 Å². The van der Waals surface area contributed by atoms with E-state index < -0.39 is 0 Å². The van der Waals surface area contributed by atoms with Gasteiger partial charge in [0.05, 0.1) is 0 Å². The zero-order chi connectivity index (χ0) is 7.11. The van der Waals surface area contributed by atoms with Crippen molar-refractivity contribution < 1.29 is 0 Å². The number of rotatable bonds is 3. The van der Waals surface area contributed by atoms with Gasteiger partial charge in [-0.1, -0.05) is 12.7 Å². The van der Waals surface area contributed by atoms with Crippen LogP contribution < -0.4 is 11.3 Å². The maximum atomic E-state index is 4.97. The number of nitrogens with one attached hydrogen (secondary N) is 1. The maximum Gasteiger partial charge on any atom is 0.132 e. The Bertz CT molecular complexity index is 135. The van der Waals surface area contributed by atoms with E-state index in [0.717, 1.165) is 0 Å². The van der Waals surface area contributed by atoms with Crippen molar-refractivity contribution in [1.29, 1.82) is 0 Å². The summed E-state index contributed by atoms with van der Waals surface area (Å²) < 4.78 is 0. The van der Waals surface area contributed by atoms with Gasteiger partial charge in [0.1, 0.15) is 5.82 Å². The lowest BCUT2D eigenvalue weighted by Gasteiger charge is -1.91. The summed E-state index contributed by atoms with van der Waals surface area (Å²) in [4.78, 5) is 3.79. The van der Waals surface area contributed by atoms with E-state index in [2.05, 4.69) is 17.0 Å². The molecular formula is C6H11N3. The van der Waals surface area contributed by atoms with E-state index in [1.165, 1.54) is 0 Å². The molecule has 0 heterocycles. The molecule has 0 saturated heterocycles. The average Bonchev–Trinajstić information content (AvgIpc) is 1.89. The van der Waals surface area contributed by atoms with Crippen LogP contribution in [0.2, 0.25) is 0 Å². The van der Waals surface area contributed by atoms with Gasteiger partial charge in [-0.05, 0) is 13.0 Å². The first kappa shape index (κ1) is 7.91. The molecule has 0 aromatic heterocycles. The van der Waals surface area contributed by atoms with E-state index in [9.17, 15) is 0 Å². The Morgan fingerprint density at radius 2 is 2.44 bits per heavy atom. The van der Waals surface area contributed by atoms with E-state index in [1.54, 1.807) is 12.3 Å². The van der Waals surface area contributed by atoms with Gasteiger partial charge in [0.2, 0.25) is 0 Å². The lowest BCUT2D eigenvalue weighted by atomic mass is 10.6. The quantitative estimate of drug-likeness (QED) is 0.329. The first-order valence-electron chi connectivity index (χ1n) is 2.62. The third-order valence-electron chi connectivity index (χ3n) is 0.676. The third kappa shape index (κ3) is 4.77. The first-order valence-corrected chi connectivity index (χ1v) is 2.62. The fourth-order valence-corrected chi connectivity index (χ4v) is 0.256. The number of aliphatic imine (C=N–C) groups is 1. The van der Waals surface area contributed by atoms with Crippen molar-refractivity contribution in [2.75, 3.05) is 0 Å². The van der Waals surface area contributed by atoms with Gasteiger partial charge in [-0.2, -0.15) is 0 Å². The highest BCUT2D eigenvalue weighted by Gasteiger charge is 1.74. The Morgan fingerprint density at radius 3 is 2.89 bits per heavy atom. The Labute approximate surface area is 54.9 Å². The molecule has 0 bridgehead atoms. The van der Waals surface area contributed by atoms with Crippen LogP contribution in [0.1, 0.15) is 6.92 Å². The number of nitrogens with two attached hydrogens (primary N) is 1. The fraction of sp³-hybridized carbons (Fsp3) is 0.167. The summed E-state index contributed by atoms with van der Waals surface area (Å²) >= 11 is 0. The summed E-state index contributed by atoms with van der Waals surface area (Å²) in [5, 5.41) is 0. The second-order valence-electron chi connectivity index (χ2n) is 1.39. The number of hydrogen-bond acceptors (Lipinski definition) is 3. The number of hydrazine groups is 1. The minimum atomic E-state index is 0.452. The Morgan fingerprint density at radius 1 is 1.78 bits per heavy atom. The Kier molecular flexibility index (Phi) is 4.44. The highest BCUT2D eigenvalue weighted by molar-refractivity contribution is 5.71. The summed E-state index contributed by atoms with van der Waals surface area (Å²) in [7, 11) is 0. The van der Waals surface area contributed by atoms with Crippen LogP contribution in [0.3, 0.4) is 0 Å². The smallest absolute Gasteiger partial charge is 0.132 e. The molecular weight excluding hydrogens is 114 g/mol. The van der Waals surface area contributed by atoms with Crippen molar-refractivity contribution in [3.8, 4) is 0 Å². The molecule has 9 heavy (non-hydrogen) atoms. The lowest BCUT2D eigenvalue weighted by molar-refractivity contribution is 0.877. The summed E-state index contributed by atoms with van der Waals surface area (Å²) in [6.45, 7) is 5.38. The van der Waals surface area contributed by atoms with E-state index in [1.807, 2.05) is 13.0 Å². The van der Waals surface area contributed by atoms with Crippen LogP contribution in [0.4, 0.5) is 0 Å². The molecule has 0 aromatic carbocycles. The summed E-state index contributed by atoms with van der Waals surface area (Å²) in [6, 6.07) is 0. The summed E-state index contributed by atoms with van der Waals surface area (Å²) in [5.41, 5.74) is 2.30. The van der Waals surface area contributed by atoms with Crippen LogP contribution in [0.25, 0.3) is 0 Å². The average molecular weight is 125 g/mol. The van der Waals surface area contributed by atoms with Gasteiger partial charge < -0.3 is 5.43 Å². The molecule has 0 atom stereocenters. The summed E-state index contributed by atoms with van der Waals surface area (Å²) in [5.74, 6) is 5.42. The molecule has 0 amide bonds. The second kappa shape index (κ2) is 5.05. The van der Waals surface area contributed by atoms with E-state index in [4.69, 9.17) is 5.84 Å². The van der Waals surface area contributed by atoms with Crippen LogP contribution in [0.15, 0.2) is 29.5 Å². The predicted octanol–water partition coefficient (Wildman–Crippen LogP) is 0.568. The van der Waals surface area contributed by atoms with Gasteiger partial charge >= 0.3 is 0 Å². The molecule has 3 N–H and O–H groups in total. The van der Waals surface area contributed by atoms with Crippen LogP contribution in [0, 0.1) is 0 Å². The number of nitrogens with zero attached hydrogens (tertiary/aromatic N) is 1. The lowest BCUT2D eigenvalue weighted by Crippen LogP contribution is -2.18. The molecule has 3 nitrogen and oxygen atoms in total. The normalized spacial score (nSPS) is 10.9. The van der Waals surface area contributed by atoms with Crippen LogP contribution in [-0.2, 0) is 0 Å². The number of allylic oxidation sites excluding steroid dienone is 2. The number of hydrogen-bond donors (Lipinski definition) is 2. The van der Waals surface area contributed by atoms with E-state index in [0.29, 0.717) is 5.82 Å². The topological polar surface area (TPSA) is 50.4 Å². The van der Waals surface area contributed by atoms with Gasteiger partial charge in [0, 0.05) is 6.21 Å². The molecule has 0 rings (SSSR count). The van der Waals surface area contributed by atoms with Crippen molar-refractivity contribution >= 4 is 6.21 Å². The summed E-state index contributed by atoms with van der Waals surface area (Å²) in [6.07, 6.45) is 5.28. The zero-order valence-corrected chi connectivity index (χ0v) is 5.46. The molecule has 0 aliphatic heterocycles. The van der Waals surface area contributed by atoms with Gasteiger partial charge in [-0.3, -0.25) is 0 Å². The first-order chi connectivity index (χ1) is 4.31. The molecule has 3 heteroatoms. The molecule has 50 valence electrons. The van der Waals surface area contributed by atoms with E-state index >= 15 is 0 Å². The van der Waals surface area contributed by atoms with Crippen molar-refractivity contribution in [3.05, 3.63) is 24.6 Å². The molecule has 0 aromatic rings. The molecule has 0 saturated carbocycles. The highest BCUT2D eigenvalue weighted by Crippen LogP contribution is 1.79. The van der Waals surface area contributed by atoms with Crippen molar-refractivity contribution in [3.63, 3.8) is 0 Å². The highest BCUT2D eigenvalue weighted by atomic mass is 15.3. The van der Waals surface area contributed by atoms with Crippen molar-refractivity contribution in [2.24, 2.45) is 10.8 Å². The molecule has 0 aliphatic rings. The second-order valence-corrected chi connectivity index (χ2v) is 1.39. The van der Waals surface area contributed by atoms with Gasteiger partial charge in [0.15, 0.2) is 0 Å². The van der Waals surface area contributed by atoms with Crippen LogP contribution >= 0.6 is 0 Å². The van der Waals surface area contributed by atoms with E-state index in [-0.39, 0.29) is 0 Å². The largest absolute Gasteiger partial charge is 0.309 e. The van der Waals surface area contributed by atoms with Crippen molar-refractivity contribution in [1.82, 2.24) is 5.43 Å². The molecule has 0 spiro atoms. The molecule has 0 radical (unpaired) electrons. The minimum absolute atomic E-state index is 0.452. The monoisotopic (exact) mass is 125 g/mol.